The lowest BCUT2D eigenvalue weighted by Crippen LogP contribution is -2.25. The lowest BCUT2D eigenvalue weighted by molar-refractivity contribution is 0.406. The Bertz CT molecular complexity index is 109. The monoisotopic (exact) mass is 143 g/mol. The van der Waals surface area contributed by atoms with Crippen molar-refractivity contribution in [1.29, 1.82) is 0 Å². The second-order valence-electron chi connectivity index (χ2n) is 2.28. The van der Waals surface area contributed by atoms with Crippen molar-refractivity contribution in [2.75, 3.05) is 20.1 Å². The maximum absolute atomic E-state index is 5.60. The van der Waals surface area contributed by atoms with Crippen LogP contribution in [0.25, 0.3) is 0 Å². The van der Waals surface area contributed by atoms with Crippen molar-refractivity contribution in [2.45, 2.75) is 13.3 Å². The van der Waals surface area contributed by atoms with Crippen molar-refractivity contribution >= 4 is 0 Å². The first-order valence-electron chi connectivity index (χ1n) is 3.55. The van der Waals surface area contributed by atoms with Crippen molar-refractivity contribution in [1.82, 2.24) is 4.90 Å². The third-order valence-corrected chi connectivity index (χ3v) is 1.43. The lowest BCUT2D eigenvalue weighted by Gasteiger charge is -2.17. The number of rotatable bonds is 4. The van der Waals surface area contributed by atoms with Crippen LogP contribution >= 0.6 is 0 Å². The van der Waals surface area contributed by atoms with Gasteiger partial charge in [-0.2, -0.15) is 0 Å². The molecule has 0 saturated heterocycles. The van der Waals surface area contributed by atoms with Gasteiger partial charge in [0.1, 0.15) is 0 Å². The molecule has 0 heterocycles. The third-order valence-electron chi connectivity index (χ3n) is 1.43. The summed E-state index contributed by atoms with van der Waals surface area (Å²) in [6, 6.07) is 0. The molecule has 0 rings (SSSR count). The summed E-state index contributed by atoms with van der Waals surface area (Å²) >= 11 is 0. The molecular formula is C7H17N3. The van der Waals surface area contributed by atoms with E-state index in [2.05, 4.69) is 0 Å². The molecule has 0 aromatic carbocycles. The highest BCUT2D eigenvalue weighted by Crippen LogP contribution is 1.92. The van der Waals surface area contributed by atoms with E-state index < -0.39 is 0 Å². The molecule has 10 heavy (non-hydrogen) atoms. The van der Waals surface area contributed by atoms with Gasteiger partial charge >= 0.3 is 0 Å². The fourth-order valence-corrected chi connectivity index (χ4v) is 0.678. The van der Waals surface area contributed by atoms with Crippen LogP contribution in [0.5, 0.6) is 0 Å². The first-order valence-corrected chi connectivity index (χ1v) is 3.55. The molecule has 3 heteroatoms. The van der Waals surface area contributed by atoms with Crippen molar-refractivity contribution < 1.29 is 0 Å². The predicted molar refractivity (Wildman–Crippen MR) is 44.2 cm³/mol. The van der Waals surface area contributed by atoms with E-state index in [0.29, 0.717) is 0 Å². The number of allylic oxidation sites excluding steroid dienone is 1. The van der Waals surface area contributed by atoms with Crippen LogP contribution in [0.15, 0.2) is 11.9 Å². The second kappa shape index (κ2) is 5.11. The van der Waals surface area contributed by atoms with E-state index >= 15 is 0 Å². The van der Waals surface area contributed by atoms with Gasteiger partial charge in [0.25, 0.3) is 0 Å². The summed E-state index contributed by atoms with van der Waals surface area (Å²) in [6.45, 7) is 3.59. The summed E-state index contributed by atoms with van der Waals surface area (Å²) in [4.78, 5) is 1.99. The van der Waals surface area contributed by atoms with Gasteiger partial charge in [-0.1, -0.05) is 0 Å². The summed E-state index contributed by atoms with van der Waals surface area (Å²) in [6.07, 6.45) is 2.88. The first kappa shape index (κ1) is 9.30. The van der Waals surface area contributed by atoms with E-state index in [-0.39, 0.29) is 0 Å². The highest BCUT2D eigenvalue weighted by molar-refractivity contribution is 4.91. The smallest absolute Gasteiger partial charge is 0.0939 e. The van der Waals surface area contributed by atoms with Crippen LogP contribution in [0.4, 0.5) is 0 Å². The molecule has 0 bridgehead atoms. The van der Waals surface area contributed by atoms with Crippen molar-refractivity contribution in [2.24, 2.45) is 11.5 Å². The van der Waals surface area contributed by atoms with Gasteiger partial charge in [-0.05, 0) is 26.0 Å². The molecule has 0 aromatic heterocycles. The Hall–Kier alpha value is -0.700. The highest BCUT2D eigenvalue weighted by Gasteiger charge is 1.95. The topological polar surface area (TPSA) is 55.3 Å². The maximum atomic E-state index is 5.60. The molecule has 0 amide bonds. The molecular weight excluding hydrogens is 126 g/mol. The van der Waals surface area contributed by atoms with Gasteiger partial charge in [-0.15, -0.1) is 0 Å². The molecule has 0 saturated carbocycles. The molecule has 60 valence electrons. The minimum atomic E-state index is 0.724. The largest absolute Gasteiger partial charge is 0.386 e. The molecule has 0 radical (unpaired) electrons. The van der Waals surface area contributed by atoms with Gasteiger partial charge in [0.05, 0.1) is 5.82 Å². The Kier molecular flexibility index (Phi) is 4.76. The van der Waals surface area contributed by atoms with E-state index in [1.807, 2.05) is 24.9 Å². The minimum absolute atomic E-state index is 0.724. The molecule has 0 aromatic rings. The Morgan fingerprint density at radius 2 is 2.20 bits per heavy atom. The molecule has 0 aliphatic rings. The maximum Gasteiger partial charge on any atom is 0.0939 e. The molecule has 0 aliphatic carbocycles. The zero-order valence-corrected chi connectivity index (χ0v) is 6.80. The van der Waals surface area contributed by atoms with E-state index in [1.54, 1.807) is 0 Å². The number of nitrogens with two attached hydrogens (primary N) is 2. The third kappa shape index (κ3) is 3.35. The van der Waals surface area contributed by atoms with E-state index in [4.69, 9.17) is 11.5 Å². The fraction of sp³-hybridized carbons (Fsp3) is 0.714. The quantitative estimate of drug-likeness (QED) is 0.586. The molecule has 0 spiro atoms. The van der Waals surface area contributed by atoms with Crippen LogP contribution in [0.1, 0.15) is 13.3 Å². The van der Waals surface area contributed by atoms with Gasteiger partial charge in [-0.3, -0.25) is 0 Å². The van der Waals surface area contributed by atoms with Crippen LogP contribution in [-0.2, 0) is 0 Å². The Labute approximate surface area is 62.7 Å². The van der Waals surface area contributed by atoms with Crippen LogP contribution in [0.3, 0.4) is 0 Å². The van der Waals surface area contributed by atoms with Crippen molar-refractivity contribution in [3.63, 3.8) is 0 Å². The van der Waals surface area contributed by atoms with Crippen LogP contribution in [0.2, 0.25) is 0 Å². The van der Waals surface area contributed by atoms with Crippen molar-refractivity contribution in [3.8, 4) is 0 Å². The normalized spacial score (nSPS) is 11.7. The average molecular weight is 143 g/mol. The Morgan fingerprint density at radius 1 is 1.60 bits per heavy atom. The average Bonchev–Trinajstić information content (AvgIpc) is 1.98. The second-order valence-corrected chi connectivity index (χ2v) is 2.28. The first-order chi connectivity index (χ1) is 4.72. The minimum Gasteiger partial charge on any atom is -0.386 e. The zero-order chi connectivity index (χ0) is 7.98. The molecule has 4 N–H and O–H groups in total. The van der Waals surface area contributed by atoms with Gasteiger partial charge in [0.15, 0.2) is 0 Å². The number of hydrogen-bond donors (Lipinski definition) is 2. The molecule has 0 unspecified atom stereocenters. The Balaban J connectivity index is 3.51. The van der Waals surface area contributed by atoms with Gasteiger partial charge in [-0.25, -0.2) is 0 Å². The molecule has 0 atom stereocenters. The van der Waals surface area contributed by atoms with Crippen LogP contribution in [-0.4, -0.2) is 25.0 Å². The van der Waals surface area contributed by atoms with Gasteiger partial charge < -0.3 is 16.4 Å². The summed E-state index contributed by atoms with van der Waals surface area (Å²) in [5, 5.41) is 0. The fourth-order valence-electron chi connectivity index (χ4n) is 0.678. The Morgan fingerprint density at radius 3 is 2.60 bits per heavy atom. The molecule has 0 fully saturated rings. The summed E-state index contributed by atoms with van der Waals surface area (Å²) in [5.41, 5.74) is 10.9. The van der Waals surface area contributed by atoms with E-state index in [0.717, 1.165) is 25.3 Å². The molecule has 0 aliphatic heterocycles. The number of nitrogens with zero attached hydrogens (tertiary/aromatic N) is 1. The van der Waals surface area contributed by atoms with Gasteiger partial charge in [0, 0.05) is 13.6 Å². The highest BCUT2D eigenvalue weighted by atomic mass is 15.2. The van der Waals surface area contributed by atoms with E-state index in [1.165, 1.54) is 0 Å². The predicted octanol–water partition coefficient (Wildman–Crippen LogP) is 0.0870. The van der Waals surface area contributed by atoms with Crippen molar-refractivity contribution in [3.05, 3.63) is 11.9 Å². The SMILES string of the molecule is CC=C(N)N(C)CCCN. The van der Waals surface area contributed by atoms with E-state index in [9.17, 15) is 0 Å². The number of hydrogen-bond acceptors (Lipinski definition) is 3. The summed E-state index contributed by atoms with van der Waals surface area (Å²) in [5.74, 6) is 0.813. The standard InChI is InChI=1S/C7H17N3/c1-3-7(9)10(2)6-4-5-8/h3H,4-6,8-9H2,1-2H3. The molecule has 3 nitrogen and oxygen atoms in total. The summed E-state index contributed by atoms with van der Waals surface area (Å²) in [7, 11) is 1.96. The summed E-state index contributed by atoms with van der Waals surface area (Å²) < 4.78 is 0. The van der Waals surface area contributed by atoms with Gasteiger partial charge in [0.2, 0.25) is 0 Å². The zero-order valence-electron chi connectivity index (χ0n) is 6.80. The van der Waals surface area contributed by atoms with Crippen LogP contribution < -0.4 is 11.5 Å². The van der Waals surface area contributed by atoms with Crippen LogP contribution in [0, 0.1) is 0 Å². The lowest BCUT2D eigenvalue weighted by atomic mass is 10.4.